The molecule has 0 aromatic heterocycles. The smallest absolute Gasteiger partial charge is 0.339 e. The molecule has 1 saturated heterocycles. The number of carbonyl (C=O) groups excluding carboxylic acids is 1. The normalized spacial score (nSPS) is 46.7. The third kappa shape index (κ3) is 2.13. The molecule has 5 atom stereocenters. The Kier molecular flexibility index (Phi) is 2.92. The van der Waals surface area contributed by atoms with Crippen molar-refractivity contribution in [1.82, 2.24) is 10.8 Å². The molecular weight excluding hydrogens is 244 g/mol. The average molecular weight is 266 g/mol. The van der Waals surface area contributed by atoms with E-state index >= 15 is 0 Å². The highest BCUT2D eigenvalue weighted by Gasteiger charge is 2.65. The van der Waals surface area contributed by atoms with Gasteiger partial charge in [0.1, 0.15) is 0 Å². The number of carbonyl (C=O) groups is 1. The van der Waals surface area contributed by atoms with Crippen molar-refractivity contribution in [1.29, 1.82) is 0 Å². The molecule has 0 radical (unpaired) electrons. The Morgan fingerprint density at radius 1 is 1.11 bits per heavy atom. The minimum absolute atomic E-state index is 0.201. The quantitative estimate of drug-likeness (QED) is 0.766. The molecule has 5 unspecified atom stereocenters. The van der Waals surface area contributed by atoms with Gasteiger partial charge in [-0.15, -0.1) is 0 Å². The third-order valence-electron chi connectivity index (χ3n) is 5.45. The van der Waals surface area contributed by atoms with Crippen LogP contribution in [0.4, 0.5) is 4.79 Å². The van der Waals surface area contributed by atoms with Gasteiger partial charge in [-0.05, 0) is 55.8 Å². The van der Waals surface area contributed by atoms with Gasteiger partial charge in [0.05, 0.1) is 0 Å². The van der Waals surface area contributed by atoms with Crippen LogP contribution in [-0.4, -0.2) is 25.0 Å². The van der Waals surface area contributed by atoms with Crippen molar-refractivity contribution in [2.24, 2.45) is 23.7 Å². The van der Waals surface area contributed by atoms with E-state index in [0.717, 1.165) is 49.5 Å². The second kappa shape index (κ2) is 4.63. The topological polar surface area (TPSA) is 59.6 Å². The Bertz CT molecular complexity index is 354. The summed E-state index contributed by atoms with van der Waals surface area (Å²) < 4.78 is 5.40. The molecule has 2 amide bonds. The molecule has 0 spiro atoms. The molecule has 0 aromatic carbocycles. The molecule has 2 N–H and O–H groups in total. The predicted molar refractivity (Wildman–Crippen MR) is 67.9 cm³/mol. The summed E-state index contributed by atoms with van der Waals surface area (Å²) >= 11 is 0. The first kappa shape index (κ1) is 12.0. The molecule has 5 heteroatoms. The SMILES string of the molecule is O=C(NOC1CCCCO1)NC1C2C3CCC(C3)C12. The zero-order valence-corrected chi connectivity index (χ0v) is 11.1. The highest BCUT2D eigenvalue weighted by molar-refractivity contribution is 5.73. The summed E-state index contributed by atoms with van der Waals surface area (Å²) in [5, 5.41) is 3.07. The number of fused-ring (bicyclic) bond motifs is 5. The molecule has 3 aliphatic carbocycles. The van der Waals surface area contributed by atoms with Crippen molar-refractivity contribution >= 4 is 6.03 Å². The molecule has 5 nitrogen and oxygen atoms in total. The number of amides is 2. The minimum atomic E-state index is -0.269. The number of hydrogen-bond donors (Lipinski definition) is 2. The number of hydrogen-bond acceptors (Lipinski definition) is 3. The summed E-state index contributed by atoms with van der Waals surface area (Å²) in [5.74, 6) is 3.27. The van der Waals surface area contributed by atoms with E-state index in [0.29, 0.717) is 6.04 Å². The van der Waals surface area contributed by atoms with Crippen LogP contribution < -0.4 is 10.8 Å². The highest BCUT2D eigenvalue weighted by Crippen LogP contribution is 2.65. The van der Waals surface area contributed by atoms with Gasteiger partial charge in [0.2, 0.25) is 0 Å². The van der Waals surface area contributed by atoms with E-state index in [-0.39, 0.29) is 12.3 Å². The van der Waals surface area contributed by atoms with Crippen LogP contribution in [-0.2, 0) is 9.57 Å². The Balaban J connectivity index is 1.21. The summed E-state index contributed by atoms with van der Waals surface area (Å²) in [7, 11) is 0. The number of hydroxylamine groups is 1. The number of ether oxygens (including phenoxy) is 1. The van der Waals surface area contributed by atoms with Crippen LogP contribution in [0.15, 0.2) is 0 Å². The van der Waals surface area contributed by atoms with Crippen LogP contribution in [0.2, 0.25) is 0 Å². The second-order valence-corrected chi connectivity index (χ2v) is 6.50. The monoisotopic (exact) mass is 266 g/mol. The number of rotatable bonds is 3. The fourth-order valence-electron chi connectivity index (χ4n) is 4.62. The largest absolute Gasteiger partial charge is 0.350 e. The van der Waals surface area contributed by atoms with E-state index in [2.05, 4.69) is 10.8 Å². The van der Waals surface area contributed by atoms with E-state index in [1.807, 2.05) is 0 Å². The molecule has 4 rings (SSSR count). The lowest BCUT2D eigenvalue weighted by atomic mass is 10.0. The van der Waals surface area contributed by atoms with Crippen molar-refractivity contribution in [3.05, 3.63) is 0 Å². The van der Waals surface area contributed by atoms with Gasteiger partial charge in [0, 0.05) is 19.1 Å². The van der Waals surface area contributed by atoms with Gasteiger partial charge in [-0.3, -0.25) is 0 Å². The standard InChI is InChI=1S/C14H22N2O3/c17-14(16-19-10-3-1-2-6-18-10)15-13-11-8-4-5-9(7-8)12(11)13/h8-13H,1-7H2,(H2,15,16,17). The van der Waals surface area contributed by atoms with Crippen molar-refractivity contribution < 1.29 is 14.4 Å². The van der Waals surface area contributed by atoms with E-state index < -0.39 is 0 Å². The summed E-state index contributed by atoms with van der Waals surface area (Å²) in [6.45, 7) is 0.726. The Labute approximate surface area is 113 Å². The summed E-state index contributed by atoms with van der Waals surface area (Å²) in [4.78, 5) is 17.1. The molecule has 1 heterocycles. The van der Waals surface area contributed by atoms with Crippen LogP contribution in [0.25, 0.3) is 0 Å². The Hall–Kier alpha value is -0.810. The fraction of sp³-hybridized carbons (Fsp3) is 0.929. The molecule has 0 aromatic rings. The zero-order valence-electron chi connectivity index (χ0n) is 11.1. The van der Waals surface area contributed by atoms with Gasteiger partial charge in [0.15, 0.2) is 6.29 Å². The first-order chi connectivity index (χ1) is 9.33. The van der Waals surface area contributed by atoms with Gasteiger partial charge < -0.3 is 10.1 Å². The summed E-state index contributed by atoms with van der Waals surface area (Å²) in [5.41, 5.74) is 2.49. The Morgan fingerprint density at radius 3 is 2.58 bits per heavy atom. The number of urea groups is 1. The van der Waals surface area contributed by atoms with E-state index in [4.69, 9.17) is 9.57 Å². The molecule has 4 fully saturated rings. The first-order valence-corrected chi connectivity index (χ1v) is 7.66. The Morgan fingerprint density at radius 2 is 1.89 bits per heavy atom. The summed E-state index contributed by atoms with van der Waals surface area (Å²) in [6.07, 6.45) is 6.93. The van der Waals surface area contributed by atoms with E-state index in [9.17, 15) is 4.79 Å². The van der Waals surface area contributed by atoms with Crippen molar-refractivity contribution in [3.63, 3.8) is 0 Å². The predicted octanol–water partition coefficient (Wildman–Crippen LogP) is 1.79. The molecule has 1 aliphatic heterocycles. The van der Waals surface area contributed by atoms with Gasteiger partial charge in [-0.2, -0.15) is 0 Å². The highest BCUT2D eigenvalue weighted by atomic mass is 16.8. The zero-order chi connectivity index (χ0) is 12.8. The maximum Gasteiger partial charge on any atom is 0.339 e. The van der Waals surface area contributed by atoms with Crippen LogP contribution in [0, 0.1) is 23.7 Å². The fourth-order valence-corrected chi connectivity index (χ4v) is 4.62. The van der Waals surface area contributed by atoms with Crippen molar-refractivity contribution in [2.45, 2.75) is 50.9 Å². The lowest BCUT2D eigenvalue weighted by Crippen LogP contribution is -2.41. The molecule has 4 aliphatic rings. The first-order valence-electron chi connectivity index (χ1n) is 7.66. The molecular formula is C14H22N2O3. The number of nitrogens with one attached hydrogen (secondary N) is 2. The van der Waals surface area contributed by atoms with Gasteiger partial charge in [0.25, 0.3) is 0 Å². The van der Waals surface area contributed by atoms with Gasteiger partial charge in [-0.25, -0.2) is 15.1 Å². The third-order valence-corrected chi connectivity index (χ3v) is 5.45. The molecule has 3 saturated carbocycles. The van der Waals surface area contributed by atoms with Crippen molar-refractivity contribution in [3.8, 4) is 0 Å². The van der Waals surface area contributed by atoms with Crippen LogP contribution in [0.3, 0.4) is 0 Å². The maximum atomic E-state index is 11.8. The molecule has 2 bridgehead atoms. The van der Waals surface area contributed by atoms with Crippen LogP contribution in [0.1, 0.15) is 38.5 Å². The lowest BCUT2D eigenvalue weighted by molar-refractivity contribution is -0.186. The van der Waals surface area contributed by atoms with Crippen LogP contribution in [0.5, 0.6) is 0 Å². The van der Waals surface area contributed by atoms with E-state index in [1.165, 1.54) is 19.3 Å². The second-order valence-electron chi connectivity index (χ2n) is 6.50. The van der Waals surface area contributed by atoms with Gasteiger partial charge >= 0.3 is 6.03 Å². The maximum absolute atomic E-state index is 11.8. The van der Waals surface area contributed by atoms with Crippen molar-refractivity contribution in [2.75, 3.05) is 6.61 Å². The summed E-state index contributed by atoms with van der Waals surface area (Å²) in [6, 6.07) is 0.204. The molecule has 19 heavy (non-hydrogen) atoms. The average Bonchev–Trinajstić information content (AvgIpc) is 2.85. The minimum Gasteiger partial charge on any atom is -0.350 e. The molecule has 106 valence electrons. The van der Waals surface area contributed by atoms with Crippen LogP contribution >= 0.6 is 0 Å². The van der Waals surface area contributed by atoms with E-state index in [1.54, 1.807) is 0 Å². The van der Waals surface area contributed by atoms with Gasteiger partial charge in [-0.1, -0.05) is 0 Å². The lowest BCUT2D eigenvalue weighted by Gasteiger charge is -2.22.